The third kappa shape index (κ3) is 8.86. The molecule has 2 amide bonds. The van der Waals surface area contributed by atoms with Gasteiger partial charge < -0.3 is 25.0 Å². The Labute approximate surface area is 229 Å². The molecule has 1 aromatic heterocycles. The lowest BCUT2D eigenvalue weighted by Gasteiger charge is -2.18. The first-order chi connectivity index (χ1) is 18.5. The van der Waals surface area contributed by atoms with Crippen molar-refractivity contribution >= 4 is 29.1 Å². The molecule has 0 aliphatic heterocycles. The maximum atomic E-state index is 13.4. The molecule has 0 saturated carbocycles. The summed E-state index contributed by atoms with van der Waals surface area (Å²) in [6, 6.07) is 11.0. The van der Waals surface area contributed by atoms with Gasteiger partial charge in [-0.15, -0.1) is 0 Å². The zero-order valence-electron chi connectivity index (χ0n) is 21.6. The lowest BCUT2D eigenvalue weighted by molar-refractivity contribution is -0.137. The number of amides is 2. The number of hydrogen-bond acceptors (Lipinski definition) is 6. The zero-order valence-corrected chi connectivity index (χ0v) is 22.3. The number of hydrogen-bond donors (Lipinski definition) is 2. The van der Waals surface area contributed by atoms with Gasteiger partial charge >= 0.3 is 12.2 Å². The quantitative estimate of drug-likeness (QED) is 0.262. The summed E-state index contributed by atoms with van der Waals surface area (Å²) in [4.78, 5) is 30.2. The van der Waals surface area contributed by atoms with Crippen LogP contribution in [0, 0.1) is 0 Å². The molecule has 0 radical (unpaired) electrons. The maximum Gasteiger partial charge on any atom is 0.417 e. The minimum absolute atomic E-state index is 0.0198. The van der Waals surface area contributed by atoms with E-state index in [0.717, 1.165) is 12.1 Å². The Morgan fingerprint density at radius 1 is 1.05 bits per heavy atom. The van der Waals surface area contributed by atoms with Crippen molar-refractivity contribution in [3.05, 3.63) is 76.6 Å². The van der Waals surface area contributed by atoms with Crippen molar-refractivity contribution in [2.24, 2.45) is 0 Å². The third-order valence-electron chi connectivity index (χ3n) is 5.37. The van der Waals surface area contributed by atoms with Crippen molar-refractivity contribution in [1.29, 1.82) is 0 Å². The summed E-state index contributed by atoms with van der Waals surface area (Å²) in [6.45, 7) is 2.52. The number of halogens is 4. The number of nitrogens with one attached hydrogen (secondary N) is 2. The molecule has 0 unspecified atom stereocenters. The van der Waals surface area contributed by atoms with E-state index in [4.69, 9.17) is 21.1 Å². The second-order valence-corrected chi connectivity index (χ2v) is 9.09. The molecule has 12 heteroatoms. The highest BCUT2D eigenvalue weighted by atomic mass is 35.5. The summed E-state index contributed by atoms with van der Waals surface area (Å²) in [6.07, 6.45) is -2.89. The molecule has 3 aromatic rings. The van der Waals surface area contributed by atoms with Crippen molar-refractivity contribution in [1.82, 2.24) is 15.2 Å². The number of carbonyl (C=O) groups excluding carboxylic acids is 2. The number of likely N-dealkylation sites (N-methyl/N-ethyl adjacent to an activating group) is 1. The van der Waals surface area contributed by atoms with Gasteiger partial charge in [0.2, 0.25) is 0 Å². The van der Waals surface area contributed by atoms with Crippen LogP contribution in [0.5, 0.6) is 17.2 Å². The second kappa shape index (κ2) is 13.3. The van der Waals surface area contributed by atoms with E-state index in [-0.39, 0.29) is 30.4 Å². The first-order valence-corrected chi connectivity index (χ1v) is 12.3. The van der Waals surface area contributed by atoms with Crippen LogP contribution in [-0.4, -0.2) is 48.9 Å². The minimum Gasteiger partial charge on any atom is -0.490 e. The summed E-state index contributed by atoms with van der Waals surface area (Å²) in [5.41, 5.74) is -0.222. The normalized spacial score (nSPS) is 11.3. The van der Waals surface area contributed by atoms with E-state index in [1.807, 2.05) is 19.0 Å². The van der Waals surface area contributed by atoms with Crippen LogP contribution in [0.2, 0.25) is 5.02 Å². The average molecular weight is 565 g/mol. The van der Waals surface area contributed by atoms with Gasteiger partial charge in [0.25, 0.3) is 0 Å². The maximum absolute atomic E-state index is 13.4. The summed E-state index contributed by atoms with van der Waals surface area (Å²) >= 11 is 5.83. The van der Waals surface area contributed by atoms with E-state index in [1.165, 1.54) is 6.20 Å². The van der Waals surface area contributed by atoms with Gasteiger partial charge in [-0.05, 0) is 43.9 Å². The Balaban J connectivity index is 1.63. The van der Waals surface area contributed by atoms with E-state index >= 15 is 0 Å². The van der Waals surface area contributed by atoms with E-state index in [2.05, 4.69) is 15.6 Å². The first kappa shape index (κ1) is 29.7. The number of anilines is 1. The number of rotatable bonds is 11. The van der Waals surface area contributed by atoms with E-state index in [1.54, 1.807) is 43.3 Å². The van der Waals surface area contributed by atoms with E-state index in [0.29, 0.717) is 35.7 Å². The second-order valence-electron chi connectivity index (χ2n) is 8.68. The van der Waals surface area contributed by atoms with E-state index in [9.17, 15) is 22.8 Å². The van der Waals surface area contributed by atoms with Crippen LogP contribution < -0.4 is 20.1 Å². The molecule has 0 spiro atoms. The topological polar surface area (TPSA) is 92.8 Å². The minimum atomic E-state index is -4.71. The van der Waals surface area contributed by atoms with Gasteiger partial charge in [-0.3, -0.25) is 9.78 Å². The summed E-state index contributed by atoms with van der Waals surface area (Å²) in [7, 11) is 3.64. The summed E-state index contributed by atoms with van der Waals surface area (Å²) < 4.78 is 51.5. The van der Waals surface area contributed by atoms with Gasteiger partial charge in [-0.25, -0.2) is 4.79 Å². The Kier molecular flexibility index (Phi) is 10.1. The van der Waals surface area contributed by atoms with Gasteiger partial charge in [0.15, 0.2) is 5.78 Å². The highest BCUT2D eigenvalue weighted by Gasteiger charge is 2.34. The standard InChI is InChI=1S/C27H28ClF3N4O4/c1-4-24(36)22-13-19(9-10-32-22)39-18-7-5-17(6-8-18)16-33-26(37)34-23-14-20(27(29,30)31)21(28)15-25(23)38-12-11-35(2)3/h5-10,13-15H,4,11-12,16H2,1-3H3,(H2,33,34,37). The van der Waals surface area contributed by atoms with Crippen LogP contribution in [0.4, 0.5) is 23.7 Å². The zero-order chi connectivity index (χ0) is 28.6. The molecular weight excluding hydrogens is 537 g/mol. The van der Waals surface area contributed by atoms with Crippen molar-refractivity contribution < 1.29 is 32.2 Å². The van der Waals surface area contributed by atoms with Crippen LogP contribution in [-0.2, 0) is 12.7 Å². The molecule has 0 aliphatic rings. The van der Waals surface area contributed by atoms with E-state index < -0.39 is 22.8 Å². The Morgan fingerprint density at radius 3 is 2.41 bits per heavy atom. The van der Waals surface area contributed by atoms with Crippen molar-refractivity contribution in [2.45, 2.75) is 26.1 Å². The molecule has 0 aliphatic carbocycles. The molecule has 2 N–H and O–H groups in total. The van der Waals surface area contributed by atoms with Crippen LogP contribution >= 0.6 is 11.6 Å². The number of pyridine rings is 1. The number of ketones is 1. The molecule has 1 heterocycles. The Morgan fingerprint density at radius 2 is 1.77 bits per heavy atom. The van der Waals surface area contributed by atoms with Crippen molar-refractivity contribution in [2.75, 3.05) is 32.6 Å². The number of alkyl halides is 3. The third-order valence-corrected chi connectivity index (χ3v) is 5.68. The fourth-order valence-electron chi connectivity index (χ4n) is 3.30. The van der Waals surface area contributed by atoms with Gasteiger partial charge in [0, 0.05) is 37.8 Å². The fraction of sp³-hybridized carbons (Fsp3) is 0.296. The molecular formula is C27H28ClF3N4O4. The van der Waals surface area contributed by atoms with Crippen LogP contribution in [0.25, 0.3) is 0 Å². The lowest BCUT2D eigenvalue weighted by Crippen LogP contribution is -2.28. The number of nitrogens with zero attached hydrogens (tertiary/aromatic N) is 2. The number of benzene rings is 2. The highest BCUT2D eigenvalue weighted by Crippen LogP contribution is 2.40. The Hall–Kier alpha value is -3.83. The summed E-state index contributed by atoms with van der Waals surface area (Å²) in [5, 5.41) is 4.49. The number of ether oxygens (including phenoxy) is 2. The summed E-state index contributed by atoms with van der Waals surface area (Å²) in [5.74, 6) is 0.883. The SMILES string of the molecule is CCC(=O)c1cc(Oc2ccc(CNC(=O)Nc3cc(C(F)(F)F)c(Cl)cc3OCCN(C)C)cc2)ccn1. The average Bonchev–Trinajstić information content (AvgIpc) is 2.88. The molecule has 208 valence electrons. The number of carbonyl (C=O) groups is 2. The molecule has 0 fully saturated rings. The first-order valence-electron chi connectivity index (χ1n) is 12.0. The molecule has 0 bridgehead atoms. The van der Waals surface area contributed by atoms with Crippen LogP contribution in [0.15, 0.2) is 54.7 Å². The van der Waals surface area contributed by atoms with Gasteiger partial charge in [-0.1, -0.05) is 30.7 Å². The van der Waals surface area contributed by atoms with Gasteiger partial charge in [-0.2, -0.15) is 13.2 Å². The van der Waals surface area contributed by atoms with Crippen LogP contribution in [0.1, 0.15) is 35.0 Å². The predicted molar refractivity (Wildman–Crippen MR) is 142 cm³/mol. The fourth-order valence-corrected chi connectivity index (χ4v) is 3.56. The predicted octanol–water partition coefficient (Wildman–Crippen LogP) is 6.40. The van der Waals surface area contributed by atoms with Gasteiger partial charge in [0.05, 0.1) is 16.3 Å². The number of urea groups is 1. The molecule has 0 saturated heterocycles. The largest absolute Gasteiger partial charge is 0.490 e. The molecule has 8 nitrogen and oxygen atoms in total. The monoisotopic (exact) mass is 564 g/mol. The molecule has 2 aromatic carbocycles. The smallest absolute Gasteiger partial charge is 0.417 e. The van der Waals surface area contributed by atoms with Crippen LogP contribution in [0.3, 0.4) is 0 Å². The molecule has 3 rings (SSSR count). The Bertz CT molecular complexity index is 1300. The number of aromatic nitrogens is 1. The van der Waals surface area contributed by atoms with Crippen molar-refractivity contribution in [3.8, 4) is 17.2 Å². The van der Waals surface area contributed by atoms with Crippen molar-refractivity contribution in [3.63, 3.8) is 0 Å². The number of Topliss-reactive ketones (excluding diaryl/α,β-unsaturated/α-hetero) is 1. The lowest BCUT2D eigenvalue weighted by atomic mass is 10.1. The molecule has 0 atom stereocenters. The van der Waals surface area contributed by atoms with Gasteiger partial charge in [0.1, 0.15) is 29.5 Å². The molecule has 39 heavy (non-hydrogen) atoms. The highest BCUT2D eigenvalue weighted by molar-refractivity contribution is 6.31.